The number of hydrogen-bond acceptors (Lipinski definition) is 7. The van der Waals surface area contributed by atoms with Gasteiger partial charge in [-0.1, -0.05) is 24.3 Å². The molecule has 1 fully saturated rings. The van der Waals surface area contributed by atoms with Crippen molar-refractivity contribution >= 4 is 24.1 Å². The summed E-state index contributed by atoms with van der Waals surface area (Å²) in [6.07, 6.45) is 1.17. The van der Waals surface area contributed by atoms with Crippen LogP contribution in [0, 0.1) is 0 Å². The number of nitrogens with zero attached hydrogens (tertiary/aromatic N) is 3. The molecule has 0 N–H and O–H groups in total. The summed E-state index contributed by atoms with van der Waals surface area (Å²) in [6.45, 7) is 0.224. The van der Waals surface area contributed by atoms with Crippen LogP contribution in [-0.4, -0.2) is 61.8 Å². The summed E-state index contributed by atoms with van der Waals surface area (Å²) in [5.74, 6) is -0.977. The first kappa shape index (κ1) is 20.2. The highest BCUT2D eigenvalue weighted by atomic mass is 16.5. The molecule has 2 aromatic carbocycles. The molecule has 1 atom stereocenters. The van der Waals surface area contributed by atoms with Gasteiger partial charge in [0.2, 0.25) is 0 Å². The quantitative estimate of drug-likeness (QED) is 0.569. The molecule has 0 unspecified atom stereocenters. The molecule has 0 saturated carbocycles. The van der Waals surface area contributed by atoms with Crippen LogP contribution in [0.1, 0.15) is 38.0 Å². The zero-order valence-corrected chi connectivity index (χ0v) is 16.4. The van der Waals surface area contributed by atoms with Crippen LogP contribution < -0.4 is 0 Å². The van der Waals surface area contributed by atoms with E-state index < -0.39 is 11.9 Å². The number of rotatable bonds is 5. The van der Waals surface area contributed by atoms with Gasteiger partial charge in [-0.15, -0.1) is 0 Å². The molecule has 150 valence electrons. The molecular formula is C21H21N3O5. The van der Waals surface area contributed by atoms with Crippen molar-refractivity contribution in [3.63, 3.8) is 0 Å². The predicted octanol–water partition coefficient (Wildman–Crippen LogP) is 2.07. The average Bonchev–Trinajstić information content (AvgIpc) is 3.04. The first-order valence-corrected chi connectivity index (χ1v) is 8.87. The fraction of sp³-hybridized carbons (Fsp3) is 0.238. The van der Waals surface area contributed by atoms with Gasteiger partial charge in [0, 0.05) is 0 Å². The summed E-state index contributed by atoms with van der Waals surface area (Å²) in [5.41, 5.74) is 2.43. The number of hydrazone groups is 1. The van der Waals surface area contributed by atoms with Crippen molar-refractivity contribution in [3.05, 3.63) is 70.8 Å². The molecule has 3 rings (SSSR count). The smallest absolute Gasteiger partial charge is 0.337 e. The second-order valence-corrected chi connectivity index (χ2v) is 6.50. The van der Waals surface area contributed by atoms with E-state index in [4.69, 9.17) is 4.74 Å². The molecule has 0 radical (unpaired) electrons. The lowest BCUT2D eigenvalue weighted by Crippen LogP contribution is -2.26. The highest BCUT2D eigenvalue weighted by Crippen LogP contribution is 2.30. The number of carbonyl (C=O) groups is 3. The lowest BCUT2D eigenvalue weighted by Gasteiger charge is -2.24. The Balaban J connectivity index is 1.81. The molecule has 1 aliphatic rings. The van der Waals surface area contributed by atoms with Crippen LogP contribution in [0.25, 0.3) is 0 Å². The SMILES string of the molecule is COC(=O)c1ccc(/C=N\N2C(=O)CN(C)[C@@H]2c2ccc(C(=O)OC)cc2)cc1. The van der Waals surface area contributed by atoms with E-state index in [0.717, 1.165) is 11.1 Å². The molecule has 1 amide bonds. The third-order valence-electron chi connectivity index (χ3n) is 4.58. The summed E-state index contributed by atoms with van der Waals surface area (Å²) < 4.78 is 9.39. The lowest BCUT2D eigenvalue weighted by atomic mass is 10.1. The topological polar surface area (TPSA) is 88.5 Å². The number of benzene rings is 2. The zero-order chi connectivity index (χ0) is 21.0. The number of carbonyl (C=O) groups excluding carboxylic acids is 3. The van der Waals surface area contributed by atoms with Crippen molar-refractivity contribution in [2.75, 3.05) is 27.8 Å². The van der Waals surface area contributed by atoms with E-state index in [1.807, 2.05) is 11.9 Å². The molecule has 8 nitrogen and oxygen atoms in total. The van der Waals surface area contributed by atoms with Gasteiger partial charge in [-0.3, -0.25) is 9.69 Å². The minimum absolute atomic E-state index is 0.142. The maximum absolute atomic E-state index is 12.4. The van der Waals surface area contributed by atoms with Crippen molar-refractivity contribution in [2.24, 2.45) is 5.10 Å². The molecule has 8 heteroatoms. The van der Waals surface area contributed by atoms with Gasteiger partial charge in [-0.25, -0.2) is 14.6 Å². The van der Waals surface area contributed by atoms with Crippen LogP contribution in [-0.2, 0) is 14.3 Å². The second kappa shape index (κ2) is 8.66. The van der Waals surface area contributed by atoms with E-state index in [-0.39, 0.29) is 18.6 Å². The maximum Gasteiger partial charge on any atom is 0.337 e. The van der Waals surface area contributed by atoms with Crippen LogP contribution in [0.15, 0.2) is 53.6 Å². The Bertz CT molecular complexity index is 938. The van der Waals surface area contributed by atoms with Crippen LogP contribution in [0.3, 0.4) is 0 Å². The molecule has 0 aliphatic carbocycles. The van der Waals surface area contributed by atoms with Gasteiger partial charge in [0.25, 0.3) is 5.91 Å². The van der Waals surface area contributed by atoms with Crippen LogP contribution in [0.2, 0.25) is 0 Å². The van der Waals surface area contributed by atoms with Crippen molar-refractivity contribution in [1.29, 1.82) is 0 Å². The molecule has 0 bridgehead atoms. The molecule has 0 spiro atoms. The van der Waals surface area contributed by atoms with Crippen LogP contribution in [0.4, 0.5) is 0 Å². The summed E-state index contributed by atoms with van der Waals surface area (Å²) in [4.78, 5) is 37.4. The van der Waals surface area contributed by atoms with E-state index >= 15 is 0 Å². The van der Waals surface area contributed by atoms with Gasteiger partial charge in [0.1, 0.15) is 6.17 Å². The van der Waals surface area contributed by atoms with E-state index in [1.54, 1.807) is 54.7 Å². The third kappa shape index (κ3) is 4.33. The van der Waals surface area contributed by atoms with Crippen LogP contribution in [0.5, 0.6) is 0 Å². The third-order valence-corrected chi connectivity index (χ3v) is 4.58. The molecule has 1 aliphatic heterocycles. The lowest BCUT2D eigenvalue weighted by molar-refractivity contribution is -0.128. The van der Waals surface area contributed by atoms with Gasteiger partial charge in [0.15, 0.2) is 0 Å². The first-order chi connectivity index (χ1) is 13.9. The number of amides is 1. The largest absolute Gasteiger partial charge is 0.465 e. The Kier molecular flexibility index (Phi) is 6.04. The van der Waals surface area contributed by atoms with E-state index in [9.17, 15) is 14.4 Å². The van der Waals surface area contributed by atoms with Gasteiger partial charge in [0.05, 0.1) is 38.1 Å². The molecule has 2 aromatic rings. The number of hydrogen-bond donors (Lipinski definition) is 0. The normalized spacial score (nSPS) is 17.0. The Morgan fingerprint density at radius 2 is 1.48 bits per heavy atom. The molecule has 0 aromatic heterocycles. The van der Waals surface area contributed by atoms with Crippen molar-refractivity contribution in [1.82, 2.24) is 9.91 Å². The maximum atomic E-state index is 12.4. The van der Waals surface area contributed by atoms with Gasteiger partial charge >= 0.3 is 11.9 Å². The van der Waals surface area contributed by atoms with E-state index in [2.05, 4.69) is 9.84 Å². The Morgan fingerprint density at radius 3 is 2.00 bits per heavy atom. The molecule has 1 heterocycles. The number of likely N-dealkylation sites (N-methyl/N-ethyl adjacent to an activating group) is 1. The summed E-state index contributed by atoms with van der Waals surface area (Å²) in [7, 11) is 4.48. The van der Waals surface area contributed by atoms with Gasteiger partial charge in [-0.2, -0.15) is 5.10 Å². The Morgan fingerprint density at radius 1 is 0.966 bits per heavy atom. The number of ether oxygens (including phenoxy) is 2. The standard InChI is InChI=1S/C21H21N3O5/c1-23-13-18(25)24(19(23)15-8-10-17(11-9-15)21(27)29-3)22-12-14-4-6-16(7-5-14)20(26)28-2/h4-12,19H,13H2,1-3H3/b22-12-/t19-/m0/s1. The van der Waals surface area contributed by atoms with Crippen molar-refractivity contribution in [3.8, 4) is 0 Å². The number of esters is 2. The Hall–Kier alpha value is -3.52. The highest BCUT2D eigenvalue weighted by Gasteiger charge is 2.36. The fourth-order valence-electron chi connectivity index (χ4n) is 3.08. The minimum Gasteiger partial charge on any atom is -0.465 e. The zero-order valence-electron chi connectivity index (χ0n) is 16.4. The minimum atomic E-state index is -0.419. The highest BCUT2D eigenvalue weighted by molar-refractivity contribution is 5.91. The van der Waals surface area contributed by atoms with E-state index in [0.29, 0.717) is 11.1 Å². The second-order valence-electron chi connectivity index (χ2n) is 6.50. The van der Waals surface area contributed by atoms with Crippen LogP contribution >= 0.6 is 0 Å². The first-order valence-electron chi connectivity index (χ1n) is 8.87. The average molecular weight is 395 g/mol. The predicted molar refractivity (Wildman–Crippen MR) is 105 cm³/mol. The van der Waals surface area contributed by atoms with Gasteiger partial charge in [-0.05, 0) is 42.4 Å². The van der Waals surface area contributed by atoms with Crippen molar-refractivity contribution in [2.45, 2.75) is 6.17 Å². The summed E-state index contributed by atoms with van der Waals surface area (Å²) in [5, 5.41) is 5.76. The molecule has 29 heavy (non-hydrogen) atoms. The monoisotopic (exact) mass is 395 g/mol. The van der Waals surface area contributed by atoms with Gasteiger partial charge < -0.3 is 9.47 Å². The number of methoxy groups -OCH3 is 2. The van der Waals surface area contributed by atoms with E-state index in [1.165, 1.54) is 19.2 Å². The Labute approximate surface area is 168 Å². The van der Waals surface area contributed by atoms with Crippen molar-refractivity contribution < 1.29 is 23.9 Å². The summed E-state index contributed by atoms with van der Waals surface area (Å²) >= 11 is 0. The summed E-state index contributed by atoms with van der Waals surface area (Å²) in [6, 6.07) is 13.6. The molecule has 1 saturated heterocycles. The molecular weight excluding hydrogens is 374 g/mol. The fourth-order valence-corrected chi connectivity index (χ4v) is 3.08.